The number of amides is 1. The van der Waals surface area contributed by atoms with Crippen LogP contribution in [-0.2, 0) is 0 Å². The van der Waals surface area contributed by atoms with Crippen molar-refractivity contribution in [2.24, 2.45) is 0 Å². The number of aromatic amines is 1. The molecule has 140 valence electrons. The number of H-pyrrole nitrogens is 1. The zero-order chi connectivity index (χ0) is 19.5. The number of benzene rings is 1. The van der Waals surface area contributed by atoms with E-state index in [1.807, 2.05) is 30.3 Å². The molecule has 4 rings (SSSR count). The number of rotatable bonds is 5. The molecule has 0 saturated heterocycles. The molecule has 0 unspecified atom stereocenters. The lowest BCUT2D eigenvalue weighted by Crippen LogP contribution is -2.14. The zero-order valence-corrected chi connectivity index (χ0v) is 15.3. The molecule has 8 nitrogen and oxygen atoms in total. The van der Waals surface area contributed by atoms with Crippen molar-refractivity contribution in [1.82, 2.24) is 20.1 Å². The highest BCUT2D eigenvalue weighted by Crippen LogP contribution is 2.29. The molecule has 1 amide bonds. The molecule has 0 radical (unpaired) electrons. The standard InChI is InChI=1S/C20H17N5O3/c1-12-16(17(25-28-12)13-6-4-3-5-7-13)19(26)23-15-9-8-14(24-20(15)27-2)18-21-10-11-22-18/h3-11H,1-2H3,(H,21,22)(H,23,26). The first-order valence-electron chi connectivity index (χ1n) is 8.55. The second-order valence-corrected chi connectivity index (χ2v) is 5.97. The third kappa shape index (κ3) is 3.23. The van der Waals surface area contributed by atoms with Crippen LogP contribution in [0.5, 0.6) is 5.88 Å². The third-order valence-electron chi connectivity index (χ3n) is 4.18. The van der Waals surface area contributed by atoms with Gasteiger partial charge in [0.25, 0.3) is 5.91 Å². The number of hydrogen-bond donors (Lipinski definition) is 2. The predicted molar refractivity (Wildman–Crippen MR) is 103 cm³/mol. The van der Waals surface area contributed by atoms with Gasteiger partial charge in [0, 0.05) is 18.0 Å². The number of nitrogens with zero attached hydrogens (tertiary/aromatic N) is 3. The number of hydrogen-bond acceptors (Lipinski definition) is 6. The molecule has 1 aromatic carbocycles. The summed E-state index contributed by atoms with van der Waals surface area (Å²) < 4.78 is 10.6. The monoisotopic (exact) mass is 375 g/mol. The maximum absolute atomic E-state index is 13.0. The number of aromatic nitrogens is 4. The van der Waals surface area contributed by atoms with Gasteiger partial charge in [0.2, 0.25) is 5.88 Å². The smallest absolute Gasteiger partial charge is 0.261 e. The van der Waals surface area contributed by atoms with E-state index < -0.39 is 0 Å². The number of methoxy groups -OCH3 is 1. The number of carbonyl (C=O) groups excluding carboxylic acids is 1. The zero-order valence-electron chi connectivity index (χ0n) is 15.3. The van der Waals surface area contributed by atoms with Gasteiger partial charge in [-0.05, 0) is 19.1 Å². The van der Waals surface area contributed by atoms with E-state index in [0.717, 1.165) is 5.56 Å². The van der Waals surface area contributed by atoms with Gasteiger partial charge in [0.1, 0.15) is 28.4 Å². The first kappa shape index (κ1) is 17.5. The Kier molecular flexibility index (Phi) is 4.59. The molecule has 3 heterocycles. The fraction of sp³-hybridized carbons (Fsp3) is 0.100. The van der Waals surface area contributed by atoms with Crippen LogP contribution in [0.25, 0.3) is 22.8 Å². The summed E-state index contributed by atoms with van der Waals surface area (Å²) in [5.74, 6) is 0.953. The van der Waals surface area contributed by atoms with Crippen LogP contribution < -0.4 is 10.1 Å². The number of ether oxygens (including phenoxy) is 1. The van der Waals surface area contributed by atoms with Crippen molar-refractivity contribution in [3.05, 3.63) is 66.2 Å². The van der Waals surface area contributed by atoms with Gasteiger partial charge in [-0.25, -0.2) is 9.97 Å². The molecule has 0 aliphatic heterocycles. The van der Waals surface area contributed by atoms with E-state index >= 15 is 0 Å². The van der Waals surface area contributed by atoms with Gasteiger partial charge in [-0.15, -0.1) is 0 Å². The molecular weight excluding hydrogens is 358 g/mol. The Morgan fingerprint density at radius 3 is 2.71 bits per heavy atom. The van der Waals surface area contributed by atoms with Gasteiger partial charge < -0.3 is 19.6 Å². The normalized spacial score (nSPS) is 10.6. The lowest BCUT2D eigenvalue weighted by atomic mass is 10.1. The molecule has 8 heteroatoms. The highest BCUT2D eigenvalue weighted by molar-refractivity contribution is 6.09. The topological polar surface area (TPSA) is 106 Å². The number of nitrogens with one attached hydrogen (secondary N) is 2. The predicted octanol–water partition coefficient (Wildman–Crippen LogP) is 3.70. The minimum absolute atomic E-state index is 0.276. The summed E-state index contributed by atoms with van der Waals surface area (Å²) in [6.45, 7) is 1.70. The van der Waals surface area contributed by atoms with Crippen molar-refractivity contribution < 1.29 is 14.1 Å². The first-order valence-corrected chi connectivity index (χ1v) is 8.55. The van der Waals surface area contributed by atoms with Gasteiger partial charge >= 0.3 is 0 Å². The first-order chi connectivity index (χ1) is 13.7. The van der Waals surface area contributed by atoms with Crippen LogP contribution in [0.15, 0.2) is 59.4 Å². The Morgan fingerprint density at radius 1 is 1.18 bits per heavy atom. The summed E-state index contributed by atoms with van der Waals surface area (Å²) in [6.07, 6.45) is 3.35. The molecule has 0 atom stereocenters. The molecule has 28 heavy (non-hydrogen) atoms. The molecular formula is C20H17N5O3. The number of aryl methyl sites for hydroxylation is 1. The van der Waals surface area contributed by atoms with Crippen LogP contribution in [0.1, 0.15) is 16.1 Å². The average molecular weight is 375 g/mol. The molecule has 0 aliphatic rings. The van der Waals surface area contributed by atoms with Gasteiger partial charge in [-0.3, -0.25) is 4.79 Å². The van der Waals surface area contributed by atoms with Crippen molar-refractivity contribution in [2.75, 3.05) is 12.4 Å². The van der Waals surface area contributed by atoms with Crippen LogP contribution in [0.2, 0.25) is 0 Å². The van der Waals surface area contributed by atoms with E-state index in [4.69, 9.17) is 9.26 Å². The summed E-state index contributed by atoms with van der Waals surface area (Å²) in [7, 11) is 1.49. The molecule has 0 saturated carbocycles. The Balaban J connectivity index is 1.65. The molecule has 2 N–H and O–H groups in total. The molecule has 4 aromatic rings. The van der Waals surface area contributed by atoms with Crippen LogP contribution in [0.4, 0.5) is 5.69 Å². The maximum atomic E-state index is 13.0. The Hall–Kier alpha value is -3.94. The van der Waals surface area contributed by atoms with Gasteiger partial charge in [0.15, 0.2) is 5.82 Å². The van der Waals surface area contributed by atoms with Gasteiger partial charge in [0.05, 0.1) is 7.11 Å². The summed E-state index contributed by atoms with van der Waals surface area (Å²) in [5, 5.41) is 6.87. The molecule has 0 spiro atoms. The van der Waals surface area contributed by atoms with Crippen molar-refractivity contribution in [1.29, 1.82) is 0 Å². The van der Waals surface area contributed by atoms with Crippen LogP contribution >= 0.6 is 0 Å². The third-order valence-corrected chi connectivity index (χ3v) is 4.18. The van der Waals surface area contributed by atoms with E-state index in [2.05, 4.69) is 25.4 Å². The summed E-state index contributed by atoms with van der Waals surface area (Å²) in [4.78, 5) is 24.5. The molecule has 0 bridgehead atoms. The van der Waals surface area contributed by atoms with Crippen molar-refractivity contribution >= 4 is 11.6 Å². The lowest BCUT2D eigenvalue weighted by molar-refractivity contribution is 0.102. The minimum atomic E-state index is -0.358. The van der Waals surface area contributed by atoms with E-state index in [0.29, 0.717) is 34.2 Å². The van der Waals surface area contributed by atoms with Crippen molar-refractivity contribution in [3.8, 4) is 28.7 Å². The summed E-state index contributed by atoms with van der Waals surface area (Å²) in [6, 6.07) is 12.8. The largest absolute Gasteiger partial charge is 0.479 e. The average Bonchev–Trinajstić information content (AvgIpc) is 3.39. The van der Waals surface area contributed by atoms with Gasteiger partial charge in [-0.1, -0.05) is 35.5 Å². The quantitative estimate of drug-likeness (QED) is 0.551. The highest BCUT2D eigenvalue weighted by Gasteiger charge is 2.23. The number of anilines is 1. The molecule has 3 aromatic heterocycles. The SMILES string of the molecule is COc1nc(-c2ncc[nH]2)ccc1NC(=O)c1c(-c2ccccc2)noc1C. The summed E-state index contributed by atoms with van der Waals surface area (Å²) >= 11 is 0. The summed E-state index contributed by atoms with van der Waals surface area (Å²) in [5.41, 5.74) is 2.68. The highest BCUT2D eigenvalue weighted by atomic mass is 16.5. The minimum Gasteiger partial charge on any atom is -0.479 e. The Labute approximate surface area is 160 Å². The maximum Gasteiger partial charge on any atom is 0.261 e. The van der Waals surface area contributed by atoms with E-state index in [9.17, 15) is 4.79 Å². The van der Waals surface area contributed by atoms with Crippen LogP contribution in [0, 0.1) is 6.92 Å². The van der Waals surface area contributed by atoms with Crippen LogP contribution in [-0.4, -0.2) is 33.1 Å². The lowest BCUT2D eigenvalue weighted by Gasteiger charge is -2.10. The number of pyridine rings is 1. The fourth-order valence-electron chi connectivity index (χ4n) is 2.85. The van der Waals surface area contributed by atoms with Crippen LogP contribution in [0.3, 0.4) is 0 Å². The Bertz CT molecular complexity index is 1100. The second-order valence-electron chi connectivity index (χ2n) is 5.97. The molecule has 0 aliphatic carbocycles. The van der Waals surface area contributed by atoms with E-state index in [1.54, 1.807) is 31.5 Å². The molecule has 0 fully saturated rings. The number of imidazole rings is 1. The fourth-order valence-corrected chi connectivity index (χ4v) is 2.85. The Morgan fingerprint density at radius 2 is 2.00 bits per heavy atom. The van der Waals surface area contributed by atoms with E-state index in [1.165, 1.54) is 7.11 Å². The van der Waals surface area contributed by atoms with E-state index in [-0.39, 0.29) is 11.8 Å². The van der Waals surface area contributed by atoms with Gasteiger partial charge in [-0.2, -0.15) is 0 Å². The second kappa shape index (κ2) is 7.36. The van der Waals surface area contributed by atoms with Crippen molar-refractivity contribution in [3.63, 3.8) is 0 Å². The number of carbonyl (C=O) groups is 1. The van der Waals surface area contributed by atoms with Crippen molar-refractivity contribution in [2.45, 2.75) is 6.92 Å².